The summed E-state index contributed by atoms with van der Waals surface area (Å²) in [4.78, 5) is 24.6. The van der Waals surface area contributed by atoms with Crippen molar-refractivity contribution in [3.05, 3.63) is 0 Å². The Morgan fingerprint density at radius 3 is 2.55 bits per heavy atom. The molecule has 0 N–H and O–H groups in total. The second kappa shape index (κ2) is 4.68. The van der Waals surface area contributed by atoms with Crippen molar-refractivity contribution >= 4 is 11.6 Å². The summed E-state index contributed by atoms with van der Waals surface area (Å²) in [5.41, 5.74) is 0.337. The Bertz CT molecular complexity index is 524. The standard InChI is InChI=1S/C20H30O2/c1-12-11-20(3)13(10-17(12)21)4-5-14-15-6-7-18(22)19(15,2)9-8-16(14)20/h12-16H,4-11H2,1-3H3/t12-,13-,14+,15+,16+,19+,20+/m1/s1. The Morgan fingerprint density at radius 2 is 1.77 bits per heavy atom. The number of carbonyl (C=O) groups is 2. The minimum absolute atomic E-state index is 0.0134. The lowest BCUT2D eigenvalue weighted by atomic mass is 9.44. The topological polar surface area (TPSA) is 34.1 Å². The Hall–Kier alpha value is -0.660. The van der Waals surface area contributed by atoms with Gasteiger partial charge < -0.3 is 0 Å². The maximum atomic E-state index is 12.4. The number of carbonyl (C=O) groups excluding carboxylic acids is 2. The molecule has 4 aliphatic carbocycles. The highest BCUT2D eigenvalue weighted by Gasteiger charge is 2.60. The van der Waals surface area contributed by atoms with Gasteiger partial charge in [0.1, 0.15) is 11.6 Å². The van der Waals surface area contributed by atoms with Crippen molar-refractivity contribution < 1.29 is 9.59 Å². The summed E-state index contributed by atoms with van der Waals surface area (Å²) in [6.07, 6.45) is 8.67. The van der Waals surface area contributed by atoms with Crippen LogP contribution in [-0.4, -0.2) is 11.6 Å². The van der Waals surface area contributed by atoms with Crippen LogP contribution in [0.15, 0.2) is 0 Å². The Morgan fingerprint density at radius 1 is 1.00 bits per heavy atom. The summed E-state index contributed by atoms with van der Waals surface area (Å²) in [6, 6.07) is 0. The zero-order chi connectivity index (χ0) is 15.7. The summed E-state index contributed by atoms with van der Waals surface area (Å²) in [7, 11) is 0. The smallest absolute Gasteiger partial charge is 0.139 e. The SMILES string of the molecule is C[C@@H]1C[C@@]2(C)[C@H](CC[C@@H]3[C@@H]2CC[C@]2(C)C(=O)CC[C@@H]32)CC1=O. The molecule has 22 heavy (non-hydrogen) atoms. The van der Waals surface area contributed by atoms with Gasteiger partial charge in [0.2, 0.25) is 0 Å². The predicted octanol–water partition coefficient (Wildman–Crippen LogP) is 4.41. The number of Topliss-reactive ketones (excluding diaryl/α,β-unsaturated/α-hetero) is 2. The monoisotopic (exact) mass is 302 g/mol. The highest BCUT2D eigenvalue weighted by atomic mass is 16.1. The van der Waals surface area contributed by atoms with Crippen LogP contribution in [-0.2, 0) is 9.59 Å². The molecule has 4 rings (SSSR count). The molecule has 2 heteroatoms. The Kier molecular flexibility index (Phi) is 3.17. The molecule has 0 heterocycles. The van der Waals surface area contributed by atoms with Crippen molar-refractivity contribution in [2.75, 3.05) is 0 Å². The van der Waals surface area contributed by atoms with E-state index in [1.54, 1.807) is 0 Å². The van der Waals surface area contributed by atoms with Gasteiger partial charge in [-0.25, -0.2) is 0 Å². The van der Waals surface area contributed by atoms with Crippen LogP contribution in [0, 0.1) is 40.4 Å². The molecule has 0 spiro atoms. The number of hydrogen-bond donors (Lipinski definition) is 0. The van der Waals surface area contributed by atoms with Crippen molar-refractivity contribution in [3.8, 4) is 0 Å². The van der Waals surface area contributed by atoms with E-state index in [1.807, 2.05) is 0 Å². The lowest BCUT2D eigenvalue weighted by Gasteiger charge is -2.60. The second-order valence-corrected chi connectivity index (χ2v) is 9.35. The molecule has 0 aromatic heterocycles. The third kappa shape index (κ3) is 1.79. The summed E-state index contributed by atoms with van der Waals surface area (Å²) in [5.74, 6) is 4.02. The molecular formula is C20H30O2. The first kappa shape index (κ1) is 14.9. The van der Waals surface area contributed by atoms with E-state index in [9.17, 15) is 9.59 Å². The first-order valence-electron chi connectivity index (χ1n) is 9.42. The van der Waals surface area contributed by atoms with Crippen LogP contribution in [0.5, 0.6) is 0 Å². The van der Waals surface area contributed by atoms with Crippen molar-refractivity contribution in [3.63, 3.8) is 0 Å². The van der Waals surface area contributed by atoms with E-state index in [0.717, 1.165) is 43.9 Å². The summed E-state index contributed by atoms with van der Waals surface area (Å²) < 4.78 is 0. The van der Waals surface area contributed by atoms with Gasteiger partial charge in [-0.3, -0.25) is 9.59 Å². The van der Waals surface area contributed by atoms with Crippen LogP contribution >= 0.6 is 0 Å². The van der Waals surface area contributed by atoms with E-state index >= 15 is 0 Å². The van der Waals surface area contributed by atoms with Gasteiger partial charge in [-0.2, -0.15) is 0 Å². The van der Waals surface area contributed by atoms with E-state index in [4.69, 9.17) is 0 Å². The summed E-state index contributed by atoms with van der Waals surface area (Å²) >= 11 is 0. The van der Waals surface area contributed by atoms with Gasteiger partial charge in [-0.05, 0) is 67.6 Å². The third-order valence-electron chi connectivity index (χ3n) is 8.52. The highest BCUT2D eigenvalue weighted by molar-refractivity contribution is 5.87. The fourth-order valence-corrected chi connectivity index (χ4v) is 7.18. The Balaban J connectivity index is 1.66. The fraction of sp³-hybridized carbons (Fsp3) is 0.900. The lowest BCUT2D eigenvalue weighted by Crippen LogP contribution is -2.54. The second-order valence-electron chi connectivity index (χ2n) is 9.35. The molecule has 0 amide bonds. The van der Waals surface area contributed by atoms with Crippen LogP contribution < -0.4 is 0 Å². The molecule has 122 valence electrons. The zero-order valence-electron chi connectivity index (χ0n) is 14.4. The van der Waals surface area contributed by atoms with Crippen LogP contribution in [0.3, 0.4) is 0 Å². The van der Waals surface area contributed by atoms with Gasteiger partial charge in [0.25, 0.3) is 0 Å². The maximum Gasteiger partial charge on any atom is 0.139 e. The van der Waals surface area contributed by atoms with E-state index in [0.29, 0.717) is 28.8 Å². The minimum atomic E-state index is -0.0134. The summed E-state index contributed by atoms with van der Waals surface area (Å²) in [6.45, 7) is 6.88. The Labute approximate surface area is 134 Å². The first-order valence-corrected chi connectivity index (χ1v) is 9.42. The van der Waals surface area contributed by atoms with Gasteiger partial charge in [-0.15, -0.1) is 0 Å². The van der Waals surface area contributed by atoms with Crippen molar-refractivity contribution in [1.29, 1.82) is 0 Å². The highest BCUT2D eigenvalue weighted by Crippen LogP contribution is 2.65. The average Bonchev–Trinajstić information content (AvgIpc) is 2.77. The number of ketones is 2. The van der Waals surface area contributed by atoms with Gasteiger partial charge in [0.15, 0.2) is 0 Å². The summed E-state index contributed by atoms with van der Waals surface area (Å²) in [5, 5.41) is 0. The number of hydrogen-bond acceptors (Lipinski definition) is 2. The van der Waals surface area contributed by atoms with Gasteiger partial charge >= 0.3 is 0 Å². The van der Waals surface area contributed by atoms with Gasteiger partial charge in [0.05, 0.1) is 0 Å². The van der Waals surface area contributed by atoms with Gasteiger partial charge in [0, 0.05) is 24.2 Å². The van der Waals surface area contributed by atoms with E-state index in [1.165, 1.54) is 19.3 Å². The first-order chi connectivity index (χ1) is 10.4. The molecule has 2 nitrogen and oxygen atoms in total. The number of rotatable bonds is 0. The molecule has 0 aliphatic heterocycles. The molecule has 0 saturated heterocycles. The fourth-order valence-electron chi connectivity index (χ4n) is 7.18. The largest absolute Gasteiger partial charge is 0.299 e. The van der Waals surface area contributed by atoms with Crippen LogP contribution in [0.2, 0.25) is 0 Å². The van der Waals surface area contributed by atoms with E-state index in [-0.39, 0.29) is 11.3 Å². The molecule has 4 fully saturated rings. The molecule has 0 aromatic rings. The molecule has 0 unspecified atom stereocenters. The molecule has 0 aromatic carbocycles. The third-order valence-corrected chi connectivity index (χ3v) is 8.52. The van der Waals surface area contributed by atoms with Crippen LogP contribution in [0.25, 0.3) is 0 Å². The van der Waals surface area contributed by atoms with Gasteiger partial charge in [-0.1, -0.05) is 20.8 Å². The van der Waals surface area contributed by atoms with Crippen molar-refractivity contribution in [2.45, 2.75) is 72.1 Å². The molecule has 4 saturated carbocycles. The zero-order valence-corrected chi connectivity index (χ0v) is 14.4. The average molecular weight is 302 g/mol. The molecule has 0 bridgehead atoms. The van der Waals surface area contributed by atoms with E-state index < -0.39 is 0 Å². The molecule has 0 radical (unpaired) electrons. The molecule has 7 atom stereocenters. The molecular weight excluding hydrogens is 272 g/mol. The molecule has 4 aliphatic rings. The minimum Gasteiger partial charge on any atom is -0.299 e. The predicted molar refractivity (Wildman–Crippen MR) is 86.3 cm³/mol. The quantitative estimate of drug-likeness (QED) is 0.664. The maximum absolute atomic E-state index is 12.4. The van der Waals surface area contributed by atoms with Crippen molar-refractivity contribution in [2.24, 2.45) is 40.4 Å². The van der Waals surface area contributed by atoms with Crippen LogP contribution in [0.4, 0.5) is 0 Å². The van der Waals surface area contributed by atoms with Crippen LogP contribution in [0.1, 0.15) is 72.1 Å². The lowest BCUT2D eigenvalue weighted by molar-refractivity contribution is -0.149. The van der Waals surface area contributed by atoms with Crippen molar-refractivity contribution in [1.82, 2.24) is 0 Å². The number of fused-ring (bicyclic) bond motifs is 5. The normalized spacial score (nSPS) is 54.6. The van der Waals surface area contributed by atoms with E-state index in [2.05, 4.69) is 20.8 Å².